The molecular formula is C112H87N. The molecule has 1 aliphatic rings. The van der Waals surface area contributed by atoms with E-state index in [0.29, 0.717) is 0 Å². The molecule has 1 aromatic heterocycles. The van der Waals surface area contributed by atoms with Crippen LogP contribution in [0.2, 0.25) is 0 Å². The van der Waals surface area contributed by atoms with E-state index in [1.807, 2.05) is 24.4 Å². The van der Waals surface area contributed by atoms with Crippen LogP contribution in [0.25, 0.3) is 162 Å². The van der Waals surface area contributed by atoms with Gasteiger partial charge in [-0.15, -0.1) is 0 Å². The summed E-state index contributed by atoms with van der Waals surface area (Å²) in [6, 6.07) is 152. The lowest BCUT2D eigenvalue weighted by Crippen LogP contribution is -1.94. The van der Waals surface area contributed by atoms with Gasteiger partial charge in [0.25, 0.3) is 0 Å². The normalized spacial score (nSPS) is 11.1. The van der Waals surface area contributed by atoms with Crippen molar-refractivity contribution >= 4 is 16.8 Å². The van der Waals surface area contributed by atoms with E-state index in [1.165, 1.54) is 178 Å². The molecule has 0 radical (unpaired) electrons. The van der Waals surface area contributed by atoms with Gasteiger partial charge in [0, 0.05) is 11.8 Å². The number of pyridine rings is 1. The Balaban J connectivity index is 0.000000114. The SMILES string of the molecule is Cc1cc(-c2ccc(-c3ccccc3)cc2)cc(-c2ccc(-c3ccccc3)cc2)c1.Cc1cc(-c2cccc(-c3ccccc3)c2)cc(-c2cccc(-c3ccccc3)c2)c1.Cc1cc(-c2ccccc2)cc(-c2cc3c4c(cccc4c2)CC=C3)c1.Cc1cc(-c2ccccc2)cc(-c2ccc(-c3ccccn3)cc2)c1. The largest absolute Gasteiger partial charge is 0.256 e. The van der Waals surface area contributed by atoms with Crippen LogP contribution in [-0.4, -0.2) is 4.98 Å². The number of nitrogens with zero attached hydrogens (tertiary/aromatic N) is 1. The summed E-state index contributed by atoms with van der Waals surface area (Å²) in [5.41, 5.74) is 40.0. The molecule has 19 rings (SSSR count). The van der Waals surface area contributed by atoms with Crippen molar-refractivity contribution in [3.63, 3.8) is 0 Å². The van der Waals surface area contributed by atoms with Gasteiger partial charge in [-0.25, -0.2) is 0 Å². The van der Waals surface area contributed by atoms with Gasteiger partial charge in [-0.2, -0.15) is 0 Å². The van der Waals surface area contributed by atoms with Crippen molar-refractivity contribution in [2.45, 2.75) is 34.1 Å². The third-order valence-corrected chi connectivity index (χ3v) is 21.0. The van der Waals surface area contributed by atoms with Gasteiger partial charge < -0.3 is 0 Å². The van der Waals surface area contributed by atoms with E-state index in [2.05, 4.69) is 451 Å². The zero-order valence-corrected chi connectivity index (χ0v) is 64.3. The number of benzene rings is 17. The van der Waals surface area contributed by atoms with Gasteiger partial charge >= 0.3 is 0 Å². The fourth-order valence-corrected chi connectivity index (χ4v) is 15.4. The summed E-state index contributed by atoms with van der Waals surface area (Å²) in [6.45, 7) is 8.68. The maximum Gasteiger partial charge on any atom is 0.0701 e. The lowest BCUT2D eigenvalue weighted by molar-refractivity contribution is 1.29. The molecule has 0 aliphatic heterocycles. The van der Waals surface area contributed by atoms with Gasteiger partial charge in [0.05, 0.1) is 5.69 Å². The quantitative estimate of drug-likeness (QED) is 0.112. The molecule has 0 bridgehead atoms. The first-order chi connectivity index (χ1) is 55.6. The zero-order valence-electron chi connectivity index (χ0n) is 64.3. The van der Waals surface area contributed by atoms with Crippen LogP contribution in [0.1, 0.15) is 33.4 Å². The fraction of sp³-hybridized carbons (Fsp3) is 0.0446. The van der Waals surface area contributed by atoms with Gasteiger partial charge in [0.1, 0.15) is 0 Å². The van der Waals surface area contributed by atoms with Crippen molar-refractivity contribution in [2.24, 2.45) is 0 Å². The topological polar surface area (TPSA) is 12.9 Å². The molecule has 1 nitrogen and oxygen atoms in total. The molecule has 17 aromatic carbocycles. The Hall–Kier alpha value is -14.1. The first-order valence-electron chi connectivity index (χ1n) is 39.1. The molecule has 0 saturated heterocycles. The van der Waals surface area contributed by atoms with E-state index in [9.17, 15) is 0 Å². The first kappa shape index (κ1) is 73.1. The molecular weight excluding hydrogens is 1360 g/mol. The van der Waals surface area contributed by atoms with Crippen LogP contribution >= 0.6 is 0 Å². The van der Waals surface area contributed by atoms with Gasteiger partial charge in [-0.1, -0.05) is 376 Å². The van der Waals surface area contributed by atoms with Crippen LogP contribution in [0.5, 0.6) is 0 Å². The van der Waals surface area contributed by atoms with Crippen molar-refractivity contribution in [1.29, 1.82) is 0 Å². The van der Waals surface area contributed by atoms with Crippen LogP contribution in [0.3, 0.4) is 0 Å². The smallest absolute Gasteiger partial charge is 0.0701 e. The molecule has 0 saturated carbocycles. The minimum atomic E-state index is 1.00. The number of aryl methyl sites for hydroxylation is 4. The summed E-state index contributed by atoms with van der Waals surface area (Å²) < 4.78 is 0. The molecule has 0 amide bonds. The first-order valence-corrected chi connectivity index (χ1v) is 39.1. The predicted molar refractivity (Wildman–Crippen MR) is 483 cm³/mol. The Morgan fingerprint density at radius 2 is 0.434 bits per heavy atom. The highest BCUT2D eigenvalue weighted by Gasteiger charge is 2.15. The number of aromatic nitrogens is 1. The second-order valence-electron chi connectivity index (χ2n) is 29.3. The summed E-state index contributed by atoms with van der Waals surface area (Å²) in [5, 5.41) is 2.75. The molecule has 0 N–H and O–H groups in total. The molecule has 0 atom stereocenters. The highest BCUT2D eigenvalue weighted by molar-refractivity contribution is 5.99. The van der Waals surface area contributed by atoms with Gasteiger partial charge in [0.2, 0.25) is 0 Å². The Morgan fingerprint density at radius 1 is 0.186 bits per heavy atom. The zero-order chi connectivity index (χ0) is 76.7. The number of allylic oxidation sites excluding steroid dienone is 1. The maximum atomic E-state index is 4.42. The lowest BCUT2D eigenvalue weighted by Gasteiger charge is -2.15. The number of hydrogen-bond donors (Lipinski definition) is 0. The predicted octanol–water partition coefficient (Wildman–Crippen LogP) is 30.8. The van der Waals surface area contributed by atoms with Gasteiger partial charge in [0.15, 0.2) is 0 Å². The lowest BCUT2D eigenvalue weighted by atomic mass is 9.89. The van der Waals surface area contributed by atoms with E-state index in [4.69, 9.17) is 0 Å². The maximum absolute atomic E-state index is 4.42. The average Bonchev–Trinajstić information content (AvgIpc) is 0.767. The summed E-state index contributed by atoms with van der Waals surface area (Å²) >= 11 is 0. The van der Waals surface area contributed by atoms with Crippen LogP contribution in [0.15, 0.2) is 437 Å². The summed E-state index contributed by atoms with van der Waals surface area (Å²) in [7, 11) is 0. The van der Waals surface area contributed by atoms with Gasteiger partial charge in [-0.05, 0) is 272 Å². The van der Waals surface area contributed by atoms with Crippen LogP contribution in [0.4, 0.5) is 0 Å². The monoisotopic (exact) mass is 1450 g/mol. The second kappa shape index (κ2) is 34.6. The Bertz CT molecular complexity index is 6070. The third-order valence-electron chi connectivity index (χ3n) is 21.0. The molecule has 1 heteroatoms. The van der Waals surface area contributed by atoms with E-state index in [1.54, 1.807) is 0 Å². The molecule has 1 heterocycles. The van der Waals surface area contributed by atoms with Crippen LogP contribution < -0.4 is 0 Å². The summed E-state index contributed by atoms with van der Waals surface area (Å²) in [6.07, 6.45) is 7.40. The molecule has 540 valence electrons. The average molecular weight is 1450 g/mol. The van der Waals surface area contributed by atoms with E-state index in [0.717, 1.165) is 17.7 Å². The minimum Gasteiger partial charge on any atom is -0.256 e. The summed E-state index contributed by atoms with van der Waals surface area (Å²) in [4.78, 5) is 4.42. The van der Waals surface area contributed by atoms with Gasteiger partial charge in [-0.3, -0.25) is 4.98 Å². The molecule has 0 unspecified atom stereocenters. The van der Waals surface area contributed by atoms with Crippen LogP contribution in [0, 0.1) is 27.7 Å². The highest BCUT2D eigenvalue weighted by Crippen LogP contribution is 2.39. The third kappa shape index (κ3) is 18.0. The second-order valence-corrected chi connectivity index (χ2v) is 29.3. The Labute approximate surface area is 666 Å². The summed E-state index contributed by atoms with van der Waals surface area (Å²) in [5.74, 6) is 0. The van der Waals surface area contributed by atoms with E-state index < -0.39 is 0 Å². The molecule has 113 heavy (non-hydrogen) atoms. The van der Waals surface area contributed by atoms with Crippen molar-refractivity contribution in [3.05, 3.63) is 470 Å². The van der Waals surface area contributed by atoms with E-state index in [-0.39, 0.29) is 0 Å². The highest BCUT2D eigenvalue weighted by atomic mass is 14.7. The Morgan fingerprint density at radius 3 is 0.779 bits per heavy atom. The molecule has 18 aromatic rings. The van der Waals surface area contributed by atoms with Crippen LogP contribution in [-0.2, 0) is 6.42 Å². The standard InChI is InChI=1S/2C31H24.C26H20.C24H19N/c1-23-18-30(28-16-8-14-26(20-28)24-10-4-2-5-11-24)22-31(19-23)29-17-9-15-27(21-29)25-12-6-3-7-13-25;1-23-20-30(28-16-12-26(13-17-28)24-8-4-2-5-9-24)22-31(21-23)29-18-14-27(15-19-29)25-10-6-3-7-11-25;1-18-13-23(19-7-3-2-4-8-19)17-24(14-18)25-15-21-11-5-9-20-10-6-12-22(16-25)26(20)21;1-18-15-22(19-7-3-2-4-8-19)17-23(16-18)20-10-12-21(13-11-20)24-9-5-6-14-25-24/h2*2-22H,1H3;2-9,11-17H,10H2,1H3;2-17H,1H3. The van der Waals surface area contributed by atoms with Crippen molar-refractivity contribution in [2.75, 3.05) is 0 Å². The Kier molecular flexibility index (Phi) is 22.4. The van der Waals surface area contributed by atoms with E-state index >= 15 is 0 Å². The van der Waals surface area contributed by atoms with Crippen molar-refractivity contribution in [1.82, 2.24) is 4.98 Å². The van der Waals surface area contributed by atoms with Crippen molar-refractivity contribution < 1.29 is 0 Å². The molecule has 0 fully saturated rings. The molecule has 1 aliphatic carbocycles. The number of rotatable bonds is 13. The molecule has 0 spiro atoms. The fourth-order valence-electron chi connectivity index (χ4n) is 15.4. The minimum absolute atomic E-state index is 1.00. The van der Waals surface area contributed by atoms with Crippen molar-refractivity contribution in [3.8, 4) is 145 Å². The number of hydrogen-bond acceptors (Lipinski definition) is 1.